The predicted molar refractivity (Wildman–Crippen MR) is 110 cm³/mol. The molecule has 0 aliphatic carbocycles. The number of carbonyl (C=O) groups excluding carboxylic acids is 2. The Kier molecular flexibility index (Phi) is 4.36. The predicted octanol–water partition coefficient (Wildman–Crippen LogP) is 3.63. The van der Waals surface area contributed by atoms with Crippen LogP contribution in [0.3, 0.4) is 0 Å². The molecule has 2 aromatic carbocycles. The van der Waals surface area contributed by atoms with Gasteiger partial charge in [-0.2, -0.15) is 0 Å². The van der Waals surface area contributed by atoms with E-state index >= 15 is 0 Å². The SMILES string of the molecule is O=C(Nc1ccc2c(c1)C(=O)NC2)c1nc(-c2cccs2)n(-c2cccc(F)c2)n1. The van der Waals surface area contributed by atoms with E-state index in [4.69, 9.17) is 0 Å². The Morgan fingerprint density at radius 3 is 2.87 bits per heavy atom. The first kappa shape index (κ1) is 18.2. The van der Waals surface area contributed by atoms with Crippen molar-refractivity contribution in [3.05, 3.63) is 82.7 Å². The van der Waals surface area contributed by atoms with Crippen molar-refractivity contribution >= 4 is 28.8 Å². The summed E-state index contributed by atoms with van der Waals surface area (Å²) >= 11 is 1.44. The van der Waals surface area contributed by atoms with Gasteiger partial charge in [-0.25, -0.2) is 14.1 Å². The van der Waals surface area contributed by atoms with E-state index in [-0.39, 0.29) is 11.7 Å². The van der Waals surface area contributed by atoms with Crippen molar-refractivity contribution in [1.82, 2.24) is 20.1 Å². The summed E-state index contributed by atoms with van der Waals surface area (Å²) in [6.45, 7) is 0.478. The lowest BCUT2D eigenvalue weighted by molar-refractivity contribution is 0.0963. The first-order valence-electron chi connectivity index (χ1n) is 9.08. The fraction of sp³-hybridized carbons (Fsp3) is 0.0476. The summed E-state index contributed by atoms with van der Waals surface area (Å²) in [4.78, 5) is 29.8. The van der Waals surface area contributed by atoms with Crippen LogP contribution >= 0.6 is 11.3 Å². The number of rotatable bonds is 4. The minimum Gasteiger partial charge on any atom is -0.348 e. The van der Waals surface area contributed by atoms with Crippen molar-refractivity contribution < 1.29 is 14.0 Å². The number of nitrogens with one attached hydrogen (secondary N) is 2. The summed E-state index contributed by atoms with van der Waals surface area (Å²) in [7, 11) is 0. The first-order chi connectivity index (χ1) is 14.6. The second-order valence-corrected chi connectivity index (χ2v) is 7.58. The van der Waals surface area contributed by atoms with E-state index in [1.165, 1.54) is 28.2 Å². The van der Waals surface area contributed by atoms with Crippen LogP contribution in [0, 0.1) is 5.82 Å². The van der Waals surface area contributed by atoms with Crippen LogP contribution in [0.1, 0.15) is 26.5 Å². The number of amides is 2. The van der Waals surface area contributed by atoms with Crippen LogP contribution in [-0.2, 0) is 6.54 Å². The highest BCUT2D eigenvalue weighted by molar-refractivity contribution is 7.13. The Labute approximate surface area is 174 Å². The molecule has 0 saturated heterocycles. The fourth-order valence-corrected chi connectivity index (χ4v) is 3.94. The van der Waals surface area contributed by atoms with Crippen molar-refractivity contribution in [2.75, 3.05) is 5.32 Å². The maximum absolute atomic E-state index is 13.7. The van der Waals surface area contributed by atoms with Gasteiger partial charge in [0.25, 0.3) is 11.8 Å². The Hall–Kier alpha value is -3.85. The van der Waals surface area contributed by atoms with Gasteiger partial charge in [-0.15, -0.1) is 16.4 Å². The highest BCUT2D eigenvalue weighted by Crippen LogP contribution is 2.26. The number of fused-ring (bicyclic) bond motifs is 1. The van der Waals surface area contributed by atoms with Gasteiger partial charge in [0.05, 0.1) is 10.6 Å². The van der Waals surface area contributed by atoms with E-state index in [1.54, 1.807) is 30.3 Å². The summed E-state index contributed by atoms with van der Waals surface area (Å²) in [6.07, 6.45) is 0. The summed E-state index contributed by atoms with van der Waals surface area (Å²) in [5, 5.41) is 11.7. The van der Waals surface area contributed by atoms with Crippen LogP contribution in [0.5, 0.6) is 0 Å². The molecule has 148 valence electrons. The second-order valence-electron chi connectivity index (χ2n) is 6.64. The highest BCUT2D eigenvalue weighted by Gasteiger charge is 2.22. The van der Waals surface area contributed by atoms with E-state index in [2.05, 4.69) is 20.7 Å². The third kappa shape index (κ3) is 3.25. The van der Waals surface area contributed by atoms with E-state index in [1.807, 2.05) is 17.5 Å². The molecule has 3 heterocycles. The van der Waals surface area contributed by atoms with Crippen molar-refractivity contribution in [2.24, 2.45) is 0 Å². The van der Waals surface area contributed by atoms with E-state index < -0.39 is 11.7 Å². The lowest BCUT2D eigenvalue weighted by Crippen LogP contribution is -2.15. The number of anilines is 1. The Bertz CT molecular complexity index is 1280. The Balaban J connectivity index is 1.50. The Morgan fingerprint density at radius 2 is 2.07 bits per heavy atom. The minimum atomic E-state index is -0.527. The molecule has 2 aromatic heterocycles. The maximum Gasteiger partial charge on any atom is 0.295 e. The van der Waals surface area contributed by atoms with Crippen molar-refractivity contribution in [1.29, 1.82) is 0 Å². The zero-order valence-corrected chi connectivity index (χ0v) is 16.2. The lowest BCUT2D eigenvalue weighted by Gasteiger charge is -2.05. The van der Waals surface area contributed by atoms with Crippen molar-refractivity contribution in [2.45, 2.75) is 6.54 Å². The molecule has 0 saturated carbocycles. The van der Waals surface area contributed by atoms with Crippen LogP contribution in [0.15, 0.2) is 60.0 Å². The molecule has 7 nitrogen and oxygen atoms in total. The normalized spacial score (nSPS) is 12.5. The largest absolute Gasteiger partial charge is 0.348 e. The van der Waals surface area contributed by atoms with Crippen molar-refractivity contribution in [3.63, 3.8) is 0 Å². The summed E-state index contributed by atoms with van der Waals surface area (Å²) in [5.41, 5.74) is 2.34. The molecule has 2 amide bonds. The van der Waals surface area contributed by atoms with Gasteiger partial charge >= 0.3 is 0 Å². The van der Waals surface area contributed by atoms with Crippen LogP contribution in [0.4, 0.5) is 10.1 Å². The molecule has 1 aliphatic rings. The third-order valence-electron chi connectivity index (χ3n) is 4.66. The molecular weight excluding hydrogens is 405 g/mol. The molecule has 0 radical (unpaired) electrons. The molecule has 2 N–H and O–H groups in total. The molecular formula is C21H14FN5O2S. The number of halogens is 1. The highest BCUT2D eigenvalue weighted by atomic mass is 32.1. The molecule has 30 heavy (non-hydrogen) atoms. The molecule has 0 bridgehead atoms. The molecule has 5 rings (SSSR count). The quantitative estimate of drug-likeness (QED) is 0.529. The monoisotopic (exact) mass is 419 g/mol. The second kappa shape index (κ2) is 7.20. The van der Waals surface area contributed by atoms with E-state index in [0.29, 0.717) is 29.3 Å². The summed E-state index contributed by atoms with van der Waals surface area (Å²) in [6, 6.07) is 14.8. The van der Waals surface area contributed by atoms with Gasteiger partial charge in [0.1, 0.15) is 5.82 Å². The van der Waals surface area contributed by atoms with Gasteiger partial charge < -0.3 is 10.6 Å². The van der Waals surface area contributed by atoms with Crippen LogP contribution in [-0.4, -0.2) is 26.6 Å². The van der Waals surface area contributed by atoms with Crippen LogP contribution in [0.2, 0.25) is 0 Å². The number of hydrogen-bond donors (Lipinski definition) is 2. The minimum absolute atomic E-state index is 0.0624. The molecule has 1 aliphatic heterocycles. The standard InChI is InChI=1S/C21H14FN5O2S/c22-13-3-1-4-15(9-13)27-19(17-5-2-8-30-17)25-18(26-27)21(29)24-14-7-6-12-11-23-20(28)16(12)10-14/h1-10H,11H2,(H,23,28)(H,24,29). The number of carbonyl (C=O) groups is 2. The number of thiophene rings is 1. The van der Waals surface area contributed by atoms with Crippen LogP contribution in [0.25, 0.3) is 16.4 Å². The lowest BCUT2D eigenvalue weighted by atomic mass is 10.1. The zero-order valence-electron chi connectivity index (χ0n) is 15.4. The average molecular weight is 419 g/mol. The van der Waals surface area contributed by atoms with Gasteiger partial charge in [-0.1, -0.05) is 18.2 Å². The maximum atomic E-state index is 13.7. The number of hydrogen-bond acceptors (Lipinski definition) is 5. The van der Waals surface area contributed by atoms with Crippen LogP contribution < -0.4 is 10.6 Å². The number of aromatic nitrogens is 3. The average Bonchev–Trinajstić information content (AvgIpc) is 3.48. The molecule has 0 atom stereocenters. The number of benzene rings is 2. The number of nitrogens with zero attached hydrogens (tertiary/aromatic N) is 3. The molecule has 9 heteroatoms. The zero-order chi connectivity index (χ0) is 20.7. The van der Waals surface area contributed by atoms with Crippen molar-refractivity contribution in [3.8, 4) is 16.4 Å². The summed E-state index contributed by atoms with van der Waals surface area (Å²) in [5.74, 6) is -0.736. The third-order valence-corrected chi connectivity index (χ3v) is 5.52. The smallest absolute Gasteiger partial charge is 0.295 e. The van der Waals surface area contributed by atoms with Gasteiger partial charge in [-0.05, 0) is 47.3 Å². The van der Waals surface area contributed by atoms with E-state index in [0.717, 1.165) is 10.4 Å². The van der Waals surface area contributed by atoms with Gasteiger partial charge in [0, 0.05) is 17.8 Å². The van der Waals surface area contributed by atoms with E-state index in [9.17, 15) is 14.0 Å². The van der Waals surface area contributed by atoms with Gasteiger partial charge in [0.2, 0.25) is 5.82 Å². The van der Waals surface area contributed by atoms with Gasteiger partial charge in [0.15, 0.2) is 5.82 Å². The summed E-state index contributed by atoms with van der Waals surface area (Å²) < 4.78 is 15.2. The first-order valence-corrected chi connectivity index (χ1v) is 9.96. The molecule has 0 spiro atoms. The Morgan fingerprint density at radius 1 is 1.17 bits per heavy atom. The molecule has 4 aromatic rings. The fourth-order valence-electron chi connectivity index (χ4n) is 3.24. The molecule has 0 fully saturated rings. The topological polar surface area (TPSA) is 88.9 Å². The molecule has 0 unspecified atom stereocenters. The van der Waals surface area contributed by atoms with Gasteiger partial charge in [-0.3, -0.25) is 9.59 Å².